The van der Waals surface area contributed by atoms with Gasteiger partial charge in [-0.3, -0.25) is 4.98 Å². The molecule has 9 heteroatoms. The van der Waals surface area contributed by atoms with E-state index in [1.165, 1.54) is 25.1 Å². The van der Waals surface area contributed by atoms with Crippen LogP contribution in [0.25, 0.3) is 0 Å². The van der Waals surface area contributed by atoms with E-state index in [0.29, 0.717) is 11.9 Å². The first-order chi connectivity index (χ1) is 10.2. The van der Waals surface area contributed by atoms with Gasteiger partial charge in [0, 0.05) is 5.69 Å². The van der Waals surface area contributed by atoms with E-state index < -0.39 is 23.5 Å². The highest BCUT2D eigenvalue weighted by Crippen LogP contribution is 2.29. The van der Waals surface area contributed by atoms with E-state index >= 15 is 0 Å². The van der Waals surface area contributed by atoms with Crippen molar-refractivity contribution < 1.29 is 22.7 Å². The number of hydrogen-bond donors (Lipinski definition) is 1. The summed E-state index contributed by atoms with van der Waals surface area (Å²) in [6, 6.07) is 4.10. The highest BCUT2D eigenvalue weighted by Gasteiger charge is 2.34. The molecule has 0 unspecified atom stereocenters. The maximum absolute atomic E-state index is 12.6. The van der Waals surface area contributed by atoms with Crippen LogP contribution in [0.4, 0.5) is 18.9 Å². The van der Waals surface area contributed by atoms with Gasteiger partial charge < -0.3 is 10.5 Å². The lowest BCUT2D eigenvalue weighted by molar-refractivity contribution is -0.141. The Morgan fingerprint density at radius 2 is 2.05 bits per heavy atom. The average Bonchev–Trinajstić information content (AvgIpc) is 2.41. The van der Waals surface area contributed by atoms with Crippen molar-refractivity contribution in [2.45, 2.75) is 13.1 Å². The van der Waals surface area contributed by atoms with Crippen LogP contribution in [-0.2, 0) is 6.18 Å². The predicted molar refractivity (Wildman–Crippen MR) is 72.6 cm³/mol. The number of carbonyl (C=O) groups excluding carboxylic acids is 1. The molecule has 0 fully saturated rings. The van der Waals surface area contributed by atoms with Crippen molar-refractivity contribution in [3.05, 3.63) is 46.5 Å². The molecule has 1 aromatic carbocycles. The number of nitrogen functional groups attached to an aromatic ring is 1. The first-order valence-corrected chi connectivity index (χ1v) is 6.24. The van der Waals surface area contributed by atoms with E-state index in [9.17, 15) is 18.0 Å². The van der Waals surface area contributed by atoms with E-state index in [4.69, 9.17) is 22.1 Å². The van der Waals surface area contributed by atoms with Crippen LogP contribution in [0, 0.1) is 6.92 Å². The molecule has 0 radical (unpaired) electrons. The molecular weight excluding hydrogens is 323 g/mol. The van der Waals surface area contributed by atoms with E-state index in [2.05, 4.69) is 9.97 Å². The molecule has 1 heterocycles. The summed E-state index contributed by atoms with van der Waals surface area (Å²) in [5.74, 6) is -1.14. The Kier molecular flexibility index (Phi) is 4.23. The molecular formula is C13H9ClF3N3O2. The second kappa shape index (κ2) is 5.80. The molecule has 0 atom stereocenters. The van der Waals surface area contributed by atoms with Crippen LogP contribution >= 0.6 is 11.6 Å². The third-order valence-electron chi connectivity index (χ3n) is 2.60. The number of carbonyl (C=O) groups is 1. The van der Waals surface area contributed by atoms with Crippen molar-refractivity contribution in [2.75, 3.05) is 5.73 Å². The van der Waals surface area contributed by atoms with E-state index in [-0.39, 0.29) is 16.5 Å². The lowest BCUT2D eigenvalue weighted by atomic mass is 10.3. The first kappa shape index (κ1) is 16.0. The van der Waals surface area contributed by atoms with Crippen LogP contribution in [0.15, 0.2) is 24.4 Å². The molecule has 5 nitrogen and oxygen atoms in total. The fourth-order valence-corrected chi connectivity index (χ4v) is 1.75. The molecule has 1 aromatic heterocycles. The number of halogens is 4. The average molecular weight is 332 g/mol. The van der Waals surface area contributed by atoms with Crippen LogP contribution < -0.4 is 10.5 Å². The monoisotopic (exact) mass is 331 g/mol. The van der Waals surface area contributed by atoms with Gasteiger partial charge >= 0.3 is 12.1 Å². The van der Waals surface area contributed by atoms with E-state index in [0.717, 1.165) is 0 Å². The van der Waals surface area contributed by atoms with Gasteiger partial charge in [0.05, 0.1) is 16.9 Å². The number of benzene rings is 1. The SMILES string of the molecule is Cc1ncc(C(F)(F)F)nc1C(=O)Oc1ccc(N)cc1Cl. The highest BCUT2D eigenvalue weighted by atomic mass is 35.5. The lowest BCUT2D eigenvalue weighted by Crippen LogP contribution is -2.18. The molecule has 0 aliphatic rings. The van der Waals surface area contributed by atoms with Gasteiger partial charge in [0.25, 0.3) is 0 Å². The predicted octanol–water partition coefficient (Wildman–Crippen LogP) is 3.26. The number of nitrogens with zero attached hydrogens (tertiary/aromatic N) is 2. The van der Waals surface area contributed by atoms with Crippen LogP contribution in [0.1, 0.15) is 21.9 Å². The Morgan fingerprint density at radius 3 is 2.64 bits per heavy atom. The molecule has 116 valence electrons. The van der Waals surface area contributed by atoms with E-state index in [1.807, 2.05) is 0 Å². The maximum atomic E-state index is 12.6. The van der Waals surface area contributed by atoms with Crippen molar-refractivity contribution in [3.8, 4) is 5.75 Å². The first-order valence-electron chi connectivity index (χ1n) is 5.86. The normalized spacial score (nSPS) is 11.3. The van der Waals surface area contributed by atoms with Crippen molar-refractivity contribution >= 4 is 23.3 Å². The molecule has 2 rings (SSSR count). The molecule has 2 aromatic rings. The minimum Gasteiger partial charge on any atom is -0.420 e. The Balaban J connectivity index is 2.33. The second-order valence-electron chi connectivity index (χ2n) is 4.27. The van der Waals surface area contributed by atoms with Gasteiger partial charge in [-0.2, -0.15) is 13.2 Å². The van der Waals surface area contributed by atoms with Crippen molar-refractivity contribution in [1.29, 1.82) is 0 Å². The Bertz CT molecular complexity index is 735. The number of nitrogens with two attached hydrogens (primary N) is 1. The largest absolute Gasteiger partial charge is 0.434 e. The Labute approximate surface area is 127 Å². The third kappa shape index (κ3) is 3.45. The standard InChI is InChI=1S/C13H9ClF3N3O2/c1-6-11(20-10(5-19-6)13(15,16)17)12(21)22-9-3-2-7(18)4-8(9)14/h2-5H,18H2,1H3. The lowest BCUT2D eigenvalue weighted by Gasteiger charge is -2.10. The van der Waals surface area contributed by atoms with Crippen LogP contribution in [0.3, 0.4) is 0 Å². The molecule has 0 aliphatic heterocycles. The number of ether oxygens (including phenoxy) is 1. The summed E-state index contributed by atoms with van der Waals surface area (Å²) >= 11 is 5.83. The van der Waals surface area contributed by atoms with Crippen molar-refractivity contribution in [2.24, 2.45) is 0 Å². The fraction of sp³-hybridized carbons (Fsp3) is 0.154. The number of hydrogen-bond acceptors (Lipinski definition) is 5. The zero-order chi connectivity index (χ0) is 16.5. The molecule has 22 heavy (non-hydrogen) atoms. The minimum atomic E-state index is -4.71. The zero-order valence-electron chi connectivity index (χ0n) is 11.1. The van der Waals surface area contributed by atoms with Crippen molar-refractivity contribution in [3.63, 3.8) is 0 Å². The smallest absolute Gasteiger partial charge is 0.420 e. The van der Waals surface area contributed by atoms with Gasteiger partial charge in [-0.1, -0.05) is 11.6 Å². The van der Waals surface area contributed by atoms with Gasteiger partial charge in [0.2, 0.25) is 0 Å². The molecule has 0 amide bonds. The molecule has 0 spiro atoms. The quantitative estimate of drug-likeness (QED) is 0.519. The summed E-state index contributed by atoms with van der Waals surface area (Å²) in [6.07, 6.45) is -4.17. The molecule has 0 saturated carbocycles. The van der Waals surface area contributed by atoms with Crippen molar-refractivity contribution in [1.82, 2.24) is 9.97 Å². The summed E-state index contributed by atoms with van der Waals surface area (Å²) in [7, 11) is 0. The van der Waals surface area contributed by atoms with Crippen LogP contribution in [0.5, 0.6) is 5.75 Å². The summed E-state index contributed by atoms with van der Waals surface area (Å²) < 4.78 is 42.8. The van der Waals surface area contributed by atoms with Gasteiger partial charge in [-0.25, -0.2) is 9.78 Å². The number of esters is 1. The maximum Gasteiger partial charge on any atom is 0.434 e. The summed E-state index contributed by atoms with van der Waals surface area (Å²) in [4.78, 5) is 18.7. The second-order valence-corrected chi connectivity index (χ2v) is 4.67. The highest BCUT2D eigenvalue weighted by molar-refractivity contribution is 6.32. The molecule has 0 bridgehead atoms. The number of rotatable bonds is 2. The summed E-state index contributed by atoms with van der Waals surface area (Å²) in [5, 5.41) is 0.0472. The van der Waals surface area contributed by atoms with Gasteiger partial charge in [-0.05, 0) is 25.1 Å². The van der Waals surface area contributed by atoms with Crippen LogP contribution in [-0.4, -0.2) is 15.9 Å². The Morgan fingerprint density at radius 1 is 1.36 bits per heavy atom. The number of alkyl halides is 3. The number of aromatic nitrogens is 2. The molecule has 2 N–H and O–H groups in total. The molecule has 0 saturated heterocycles. The topological polar surface area (TPSA) is 78.1 Å². The summed E-state index contributed by atoms with van der Waals surface area (Å²) in [5.41, 5.74) is 4.02. The van der Waals surface area contributed by atoms with Gasteiger partial charge in [-0.15, -0.1) is 0 Å². The molecule has 0 aliphatic carbocycles. The fourth-order valence-electron chi connectivity index (χ4n) is 1.53. The van der Waals surface area contributed by atoms with Gasteiger partial charge in [0.15, 0.2) is 11.4 Å². The number of anilines is 1. The van der Waals surface area contributed by atoms with Gasteiger partial charge in [0.1, 0.15) is 5.75 Å². The summed E-state index contributed by atoms with van der Waals surface area (Å²) in [6.45, 7) is 1.34. The zero-order valence-corrected chi connectivity index (χ0v) is 11.9. The van der Waals surface area contributed by atoms with E-state index in [1.54, 1.807) is 0 Å². The van der Waals surface area contributed by atoms with Crippen LogP contribution in [0.2, 0.25) is 5.02 Å². The Hall–Kier alpha value is -2.35. The number of aryl methyl sites for hydroxylation is 1. The third-order valence-corrected chi connectivity index (χ3v) is 2.89. The minimum absolute atomic E-state index is 0.00423.